The van der Waals surface area contributed by atoms with Gasteiger partial charge in [-0.05, 0) is 31.5 Å². The van der Waals surface area contributed by atoms with Crippen molar-refractivity contribution in [1.82, 2.24) is 20.6 Å². The van der Waals surface area contributed by atoms with Gasteiger partial charge in [0.15, 0.2) is 6.10 Å². The Balaban J connectivity index is 1.55. The lowest BCUT2D eigenvalue weighted by Crippen LogP contribution is -2.50. The molecule has 0 spiro atoms. The van der Waals surface area contributed by atoms with Crippen LogP contribution in [-0.2, 0) is 27.3 Å². The number of aryl methyl sites for hydroxylation is 2. The van der Waals surface area contributed by atoms with Gasteiger partial charge in [0.05, 0.1) is 11.3 Å². The molecule has 1 aliphatic rings. The first-order valence-electron chi connectivity index (χ1n) is 7.82. The number of esters is 1. The minimum atomic E-state index is -0.976. The van der Waals surface area contributed by atoms with Crippen LogP contribution in [0.1, 0.15) is 27.3 Å². The van der Waals surface area contributed by atoms with Crippen LogP contribution in [0.15, 0.2) is 30.3 Å². The van der Waals surface area contributed by atoms with Crippen LogP contribution in [0.3, 0.4) is 0 Å². The highest BCUT2D eigenvalue weighted by atomic mass is 16.5. The first kappa shape index (κ1) is 16.7. The van der Waals surface area contributed by atoms with Gasteiger partial charge in [-0.15, -0.1) is 0 Å². The first-order valence-corrected chi connectivity index (χ1v) is 7.82. The molecule has 0 saturated carbocycles. The third kappa shape index (κ3) is 3.68. The van der Waals surface area contributed by atoms with Gasteiger partial charge in [-0.2, -0.15) is 5.10 Å². The van der Waals surface area contributed by atoms with E-state index in [4.69, 9.17) is 4.74 Å². The van der Waals surface area contributed by atoms with Crippen LogP contribution in [0.2, 0.25) is 0 Å². The lowest BCUT2D eigenvalue weighted by molar-refractivity contribution is -0.135. The van der Waals surface area contributed by atoms with Gasteiger partial charge in [-0.25, -0.2) is 4.79 Å². The van der Waals surface area contributed by atoms with Gasteiger partial charge in [0, 0.05) is 12.1 Å². The van der Waals surface area contributed by atoms with Crippen molar-refractivity contribution in [1.29, 1.82) is 0 Å². The Labute approximate surface area is 144 Å². The highest BCUT2D eigenvalue weighted by Crippen LogP contribution is 2.20. The third-order valence-electron chi connectivity index (χ3n) is 3.91. The zero-order chi connectivity index (χ0) is 18.0. The first-order chi connectivity index (χ1) is 11.9. The minimum absolute atomic E-state index is 0.0206. The Morgan fingerprint density at radius 3 is 2.76 bits per heavy atom. The molecule has 130 valence electrons. The maximum atomic E-state index is 12.2. The molecule has 1 atom stereocenters. The molecular formula is C17H18N4O4. The Morgan fingerprint density at radius 2 is 2.04 bits per heavy atom. The number of nitrogens with zero attached hydrogens (tertiary/aromatic N) is 2. The van der Waals surface area contributed by atoms with Crippen molar-refractivity contribution in [2.24, 2.45) is 0 Å². The van der Waals surface area contributed by atoms with E-state index in [1.54, 1.807) is 24.3 Å². The van der Waals surface area contributed by atoms with Crippen molar-refractivity contribution in [3.05, 3.63) is 52.8 Å². The van der Waals surface area contributed by atoms with E-state index < -0.39 is 23.9 Å². The van der Waals surface area contributed by atoms with Crippen LogP contribution < -0.4 is 10.9 Å². The summed E-state index contributed by atoms with van der Waals surface area (Å²) in [5.74, 6) is -1.55. The Hall–Kier alpha value is -3.16. The zero-order valence-corrected chi connectivity index (χ0v) is 13.9. The van der Waals surface area contributed by atoms with Crippen LogP contribution in [0.5, 0.6) is 0 Å². The quantitative estimate of drug-likeness (QED) is 0.622. The molecule has 0 bridgehead atoms. The van der Waals surface area contributed by atoms with Crippen molar-refractivity contribution in [3.63, 3.8) is 0 Å². The van der Waals surface area contributed by atoms with Gasteiger partial charge in [0.25, 0.3) is 11.8 Å². The number of carbonyl (C=O) groups excluding carboxylic acids is 3. The summed E-state index contributed by atoms with van der Waals surface area (Å²) in [6, 6.07) is 8.81. The molecule has 1 unspecified atom stereocenters. The summed E-state index contributed by atoms with van der Waals surface area (Å²) in [5, 5.41) is 4.18. The van der Waals surface area contributed by atoms with E-state index in [2.05, 4.69) is 16.0 Å². The number of rotatable bonds is 3. The van der Waals surface area contributed by atoms with Gasteiger partial charge in [-0.3, -0.25) is 25.1 Å². The van der Waals surface area contributed by atoms with E-state index in [-0.39, 0.29) is 13.0 Å². The van der Waals surface area contributed by atoms with E-state index in [9.17, 15) is 14.4 Å². The number of amides is 2. The molecule has 1 aliphatic heterocycles. The molecular weight excluding hydrogens is 324 g/mol. The van der Waals surface area contributed by atoms with Crippen molar-refractivity contribution in [3.8, 4) is 0 Å². The van der Waals surface area contributed by atoms with Gasteiger partial charge in [-0.1, -0.05) is 18.2 Å². The predicted molar refractivity (Wildman–Crippen MR) is 87.3 cm³/mol. The highest BCUT2D eigenvalue weighted by Gasteiger charge is 2.31. The van der Waals surface area contributed by atoms with Crippen molar-refractivity contribution in [2.75, 3.05) is 0 Å². The molecule has 0 fully saturated rings. The largest absolute Gasteiger partial charge is 0.448 e. The number of cyclic esters (lactones) is 1. The average molecular weight is 342 g/mol. The van der Waals surface area contributed by atoms with Gasteiger partial charge >= 0.3 is 5.97 Å². The summed E-state index contributed by atoms with van der Waals surface area (Å²) in [4.78, 5) is 36.0. The maximum absolute atomic E-state index is 12.2. The molecule has 8 nitrogen and oxygen atoms in total. The lowest BCUT2D eigenvalue weighted by Gasteiger charge is -2.23. The van der Waals surface area contributed by atoms with Crippen molar-refractivity contribution < 1.29 is 19.1 Å². The Bertz CT molecular complexity index is 843. The zero-order valence-electron chi connectivity index (χ0n) is 13.9. The molecule has 0 radical (unpaired) electrons. The van der Waals surface area contributed by atoms with Gasteiger partial charge in [0.1, 0.15) is 6.54 Å². The normalized spacial score (nSPS) is 15.9. The number of hydrazine groups is 1. The molecule has 2 amide bonds. The van der Waals surface area contributed by atoms with E-state index >= 15 is 0 Å². The fourth-order valence-electron chi connectivity index (χ4n) is 2.70. The van der Waals surface area contributed by atoms with Crippen LogP contribution in [0, 0.1) is 13.8 Å². The average Bonchev–Trinajstić information content (AvgIpc) is 2.89. The highest BCUT2D eigenvalue weighted by molar-refractivity contribution is 5.96. The standard InChI is InChI=1S/C17H18N4O4/c1-10-7-11(2)21(20-10)9-15(22)18-19-16(23)14-8-12-5-3-4-6-13(12)17(24)25-14/h3-7,14H,8-9H2,1-2H3,(H,18,22)(H,19,23). The van der Waals surface area contributed by atoms with E-state index in [1.165, 1.54) is 4.68 Å². The van der Waals surface area contributed by atoms with Gasteiger partial charge in [0.2, 0.25) is 0 Å². The number of fused-ring (bicyclic) bond motifs is 1. The number of hydrogen-bond acceptors (Lipinski definition) is 5. The molecule has 2 N–H and O–H groups in total. The second kappa shape index (κ2) is 6.76. The molecule has 0 saturated heterocycles. The summed E-state index contributed by atoms with van der Waals surface area (Å²) in [6.45, 7) is 3.65. The molecule has 25 heavy (non-hydrogen) atoms. The minimum Gasteiger partial charge on any atom is -0.448 e. The Kier molecular flexibility index (Phi) is 4.51. The van der Waals surface area contributed by atoms with Crippen LogP contribution >= 0.6 is 0 Å². The number of nitrogens with one attached hydrogen (secondary N) is 2. The molecule has 1 aromatic heterocycles. The van der Waals surface area contributed by atoms with Crippen LogP contribution in [-0.4, -0.2) is 33.7 Å². The third-order valence-corrected chi connectivity index (χ3v) is 3.91. The SMILES string of the molecule is Cc1cc(C)n(CC(=O)NNC(=O)C2Cc3ccccc3C(=O)O2)n1. The number of ether oxygens (including phenoxy) is 1. The molecule has 0 aliphatic carbocycles. The fraction of sp³-hybridized carbons (Fsp3) is 0.294. The molecule has 8 heteroatoms. The maximum Gasteiger partial charge on any atom is 0.339 e. The molecule has 3 rings (SSSR count). The topological polar surface area (TPSA) is 102 Å². The number of benzene rings is 1. The van der Waals surface area contributed by atoms with Gasteiger partial charge < -0.3 is 4.74 Å². The molecule has 2 aromatic rings. The summed E-state index contributed by atoms with van der Waals surface area (Å²) in [7, 11) is 0. The second-order valence-corrected chi connectivity index (χ2v) is 5.88. The number of aromatic nitrogens is 2. The Morgan fingerprint density at radius 1 is 1.28 bits per heavy atom. The van der Waals surface area contributed by atoms with E-state index in [0.29, 0.717) is 5.56 Å². The number of hydrogen-bond donors (Lipinski definition) is 2. The van der Waals surface area contributed by atoms with E-state index in [1.807, 2.05) is 19.9 Å². The fourth-order valence-corrected chi connectivity index (χ4v) is 2.70. The second-order valence-electron chi connectivity index (χ2n) is 5.88. The molecule has 1 aromatic carbocycles. The smallest absolute Gasteiger partial charge is 0.339 e. The van der Waals surface area contributed by atoms with Crippen molar-refractivity contribution in [2.45, 2.75) is 32.9 Å². The lowest BCUT2D eigenvalue weighted by atomic mass is 9.98. The summed E-state index contributed by atoms with van der Waals surface area (Å²) in [5.41, 5.74) is 7.46. The van der Waals surface area contributed by atoms with Crippen molar-refractivity contribution >= 4 is 17.8 Å². The summed E-state index contributed by atoms with van der Waals surface area (Å²) in [6.07, 6.45) is -0.711. The van der Waals surface area contributed by atoms with E-state index in [0.717, 1.165) is 17.0 Å². The summed E-state index contributed by atoms with van der Waals surface area (Å²) >= 11 is 0. The number of carbonyl (C=O) groups is 3. The molecule has 2 heterocycles. The van der Waals surface area contributed by atoms with Crippen LogP contribution in [0.25, 0.3) is 0 Å². The monoisotopic (exact) mass is 342 g/mol. The van der Waals surface area contributed by atoms with Crippen LogP contribution in [0.4, 0.5) is 0 Å². The predicted octanol–water partition coefficient (Wildman–Crippen LogP) is 0.429. The summed E-state index contributed by atoms with van der Waals surface area (Å²) < 4.78 is 6.66.